The zero-order valence-corrected chi connectivity index (χ0v) is 18.8. The summed E-state index contributed by atoms with van der Waals surface area (Å²) in [4.78, 5) is 37.3. The largest absolute Gasteiger partial charge is 0.360 e. The molecule has 4 aromatic rings. The first kappa shape index (κ1) is 21.8. The molecule has 2 aromatic carbocycles. The van der Waals surface area contributed by atoms with Crippen LogP contribution in [0.5, 0.6) is 0 Å². The number of carbonyl (C=O) groups is 1. The number of aromatic nitrogens is 3. The van der Waals surface area contributed by atoms with Gasteiger partial charge in [0, 0.05) is 59.5 Å². The van der Waals surface area contributed by atoms with Crippen molar-refractivity contribution in [2.75, 3.05) is 18.4 Å². The maximum absolute atomic E-state index is 12.9. The number of aromatic amines is 1. The fraction of sp³-hybridized carbons (Fsp3) is 0.208. The molecule has 2 N–H and O–H groups in total. The van der Waals surface area contributed by atoms with Crippen LogP contribution < -0.4 is 5.32 Å². The number of benzene rings is 2. The maximum Gasteiger partial charge on any atom is 0.269 e. The second kappa shape index (κ2) is 9.11. The number of nitrogens with one attached hydrogen (secondary N) is 2. The quantitative estimate of drug-likeness (QED) is 0.312. The van der Waals surface area contributed by atoms with Gasteiger partial charge in [0.25, 0.3) is 11.6 Å². The Labute approximate surface area is 199 Å². The van der Waals surface area contributed by atoms with Gasteiger partial charge < -0.3 is 15.2 Å². The molecule has 0 saturated carbocycles. The van der Waals surface area contributed by atoms with Gasteiger partial charge in [-0.15, -0.1) is 0 Å². The monoisotopic (exact) mass is 476 g/mol. The van der Waals surface area contributed by atoms with Crippen molar-refractivity contribution in [2.45, 2.75) is 18.9 Å². The number of fused-ring (bicyclic) bond motifs is 1. The number of anilines is 1. The molecular weight excluding hydrogens is 456 g/mol. The molecule has 1 amide bonds. The lowest BCUT2D eigenvalue weighted by molar-refractivity contribution is -0.384. The van der Waals surface area contributed by atoms with E-state index in [2.05, 4.69) is 20.3 Å². The van der Waals surface area contributed by atoms with E-state index in [-0.39, 0.29) is 17.6 Å². The number of hydrogen-bond acceptors (Lipinski definition) is 6. The van der Waals surface area contributed by atoms with Gasteiger partial charge in [0.15, 0.2) is 0 Å². The fourth-order valence-corrected chi connectivity index (χ4v) is 4.46. The van der Waals surface area contributed by atoms with Crippen molar-refractivity contribution in [3.05, 3.63) is 81.6 Å². The minimum Gasteiger partial charge on any atom is -0.360 e. The van der Waals surface area contributed by atoms with Crippen molar-refractivity contribution < 1.29 is 9.72 Å². The molecule has 1 aliphatic rings. The van der Waals surface area contributed by atoms with Gasteiger partial charge in [-0.3, -0.25) is 14.9 Å². The summed E-state index contributed by atoms with van der Waals surface area (Å²) in [5, 5.41) is 15.7. The summed E-state index contributed by atoms with van der Waals surface area (Å²) in [5.41, 5.74) is 2.90. The molecule has 0 radical (unpaired) electrons. The minimum absolute atomic E-state index is 0.0345. The van der Waals surface area contributed by atoms with Crippen molar-refractivity contribution in [2.24, 2.45) is 0 Å². The molecular formula is C24H21ClN6O3. The van der Waals surface area contributed by atoms with Crippen LogP contribution in [0.1, 0.15) is 23.2 Å². The zero-order chi connectivity index (χ0) is 23.7. The van der Waals surface area contributed by atoms with Crippen LogP contribution in [0.25, 0.3) is 22.2 Å². The lowest BCUT2D eigenvalue weighted by Crippen LogP contribution is -2.45. The van der Waals surface area contributed by atoms with Crippen LogP contribution in [0.15, 0.2) is 60.9 Å². The molecule has 2 aromatic heterocycles. The average Bonchev–Trinajstić information content (AvgIpc) is 3.29. The summed E-state index contributed by atoms with van der Waals surface area (Å²) in [6, 6.07) is 13.6. The van der Waals surface area contributed by atoms with E-state index >= 15 is 0 Å². The number of non-ortho nitro benzene ring substituents is 1. The number of piperidine rings is 1. The van der Waals surface area contributed by atoms with E-state index in [9.17, 15) is 14.9 Å². The smallest absolute Gasteiger partial charge is 0.269 e. The van der Waals surface area contributed by atoms with Crippen LogP contribution in [-0.2, 0) is 0 Å². The number of nitrogens with zero attached hydrogens (tertiary/aromatic N) is 4. The van der Waals surface area contributed by atoms with Crippen LogP contribution in [0.2, 0.25) is 5.02 Å². The van der Waals surface area contributed by atoms with Crippen LogP contribution in [-0.4, -0.2) is 49.8 Å². The van der Waals surface area contributed by atoms with Crippen LogP contribution in [0, 0.1) is 10.1 Å². The minimum atomic E-state index is -0.480. The van der Waals surface area contributed by atoms with Gasteiger partial charge >= 0.3 is 0 Å². The summed E-state index contributed by atoms with van der Waals surface area (Å²) in [6.07, 6.45) is 5.14. The van der Waals surface area contributed by atoms with Crippen LogP contribution in [0.3, 0.4) is 0 Å². The van der Waals surface area contributed by atoms with Gasteiger partial charge in [0.2, 0.25) is 5.95 Å². The Bertz CT molecular complexity index is 1370. The van der Waals surface area contributed by atoms with Crippen molar-refractivity contribution in [3.63, 3.8) is 0 Å². The highest BCUT2D eigenvalue weighted by atomic mass is 35.5. The molecule has 1 saturated heterocycles. The number of nitro groups is 1. The third-order valence-electron chi connectivity index (χ3n) is 5.96. The van der Waals surface area contributed by atoms with Crippen molar-refractivity contribution >= 4 is 40.0 Å². The average molecular weight is 477 g/mol. The normalized spacial score (nSPS) is 15.9. The second-order valence-corrected chi connectivity index (χ2v) is 8.58. The fourth-order valence-electron chi connectivity index (χ4n) is 4.26. The van der Waals surface area contributed by atoms with Crippen molar-refractivity contribution in [1.82, 2.24) is 19.9 Å². The Balaban J connectivity index is 1.32. The summed E-state index contributed by atoms with van der Waals surface area (Å²) < 4.78 is 0. The summed E-state index contributed by atoms with van der Waals surface area (Å²) in [6.45, 7) is 1.10. The number of halogens is 1. The van der Waals surface area contributed by atoms with E-state index in [0.29, 0.717) is 35.3 Å². The van der Waals surface area contributed by atoms with E-state index in [1.165, 1.54) is 24.3 Å². The van der Waals surface area contributed by atoms with E-state index in [4.69, 9.17) is 11.6 Å². The van der Waals surface area contributed by atoms with E-state index in [1.54, 1.807) is 11.1 Å². The van der Waals surface area contributed by atoms with Gasteiger partial charge in [-0.25, -0.2) is 9.97 Å². The Morgan fingerprint density at radius 1 is 1.21 bits per heavy atom. The molecule has 9 nitrogen and oxygen atoms in total. The van der Waals surface area contributed by atoms with E-state index in [1.807, 2.05) is 30.5 Å². The number of amides is 1. The van der Waals surface area contributed by atoms with Crippen LogP contribution >= 0.6 is 11.6 Å². The molecule has 1 atom stereocenters. The highest BCUT2D eigenvalue weighted by molar-refractivity contribution is 6.33. The van der Waals surface area contributed by atoms with Crippen molar-refractivity contribution in [3.8, 4) is 11.3 Å². The first-order chi connectivity index (χ1) is 16.5. The summed E-state index contributed by atoms with van der Waals surface area (Å²) >= 11 is 6.43. The zero-order valence-electron chi connectivity index (χ0n) is 18.1. The molecule has 172 valence electrons. The van der Waals surface area contributed by atoms with Gasteiger partial charge in [0.1, 0.15) is 0 Å². The van der Waals surface area contributed by atoms with Crippen LogP contribution in [0.4, 0.5) is 11.6 Å². The topological polar surface area (TPSA) is 117 Å². The molecule has 0 spiro atoms. The van der Waals surface area contributed by atoms with Gasteiger partial charge in [0.05, 0.1) is 21.8 Å². The Kier molecular flexibility index (Phi) is 5.85. The third-order valence-corrected chi connectivity index (χ3v) is 6.23. The lowest BCUT2D eigenvalue weighted by Gasteiger charge is -2.33. The molecule has 0 aliphatic carbocycles. The first-order valence-electron chi connectivity index (χ1n) is 10.9. The number of likely N-dealkylation sites (tertiary alicyclic amines) is 1. The van der Waals surface area contributed by atoms with E-state index in [0.717, 1.165) is 29.3 Å². The van der Waals surface area contributed by atoms with Gasteiger partial charge in [-0.05, 0) is 31.0 Å². The number of para-hydroxylation sites is 1. The Morgan fingerprint density at radius 3 is 2.79 bits per heavy atom. The summed E-state index contributed by atoms with van der Waals surface area (Å²) in [5.74, 6) is 0.289. The number of nitro benzene ring substituents is 1. The maximum atomic E-state index is 12.9. The summed E-state index contributed by atoms with van der Waals surface area (Å²) in [7, 11) is 0. The predicted octanol–water partition coefficient (Wildman–Crippen LogP) is 4.90. The number of hydrogen-bond donors (Lipinski definition) is 2. The SMILES string of the molecule is O=C(c1ccc([N+](=O)[O-])cc1)N1CCCC(Nc2ncc(Cl)c(-c3c[nH]c4ccccc34)n2)C1. The first-order valence-corrected chi connectivity index (χ1v) is 11.3. The molecule has 1 aliphatic heterocycles. The number of carbonyl (C=O) groups excluding carboxylic acids is 1. The molecule has 1 fully saturated rings. The van der Waals surface area contributed by atoms with Gasteiger partial charge in [-0.1, -0.05) is 29.8 Å². The molecule has 10 heteroatoms. The number of rotatable bonds is 5. The molecule has 34 heavy (non-hydrogen) atoms. The standard InChI is InChI=1S/C24H21ClN6O3/c25-20-13-27-24(29-22(20)19-12-26-21-6-2-1-5-18(19)21)28-16-4-3-11-30(14-16)23(32)15-7-9-17(10-8-15)31(33)34/h1-2,5-10,12-13,16,26H,3-4,11,14H2,(H,27,28,29). The Hall–Kier alpha value is -3.98. The molecule has 1 unspecified atom stereocenters. The Morgan fingerprint density at radius 2 is 2.00 bits per heavy atom. The van der Waals surface area contributed by atoms with E-state index < -0.39 is 4.92 Å². The molecule has 0 bridgehead atoms. The highest BCUT2D eigenvalue weighted by Gasteiger charge is 2.25. The highest BCUT2D eigenvalue weighted by Crippen LogP contribution is 2.32. The predicted molar refractivity (Wildman–Crippen MR) is 130 cm³/mol. The second-order valence-electron chi connectivity index (χ2n) is 8.18. The molecule has 3 heterocycles. The third kappa shape index (κ3) is 4.29. The molecule has 5 rings (SSSR count). The number of H-pyrrole nitrogens is 1. The van der Waals surface area contributed by atoms with Gasteiger partial charge in [-0.2, -0.15) is 0 Å². The lowest BCUT2D eigenvalue weighted by atomic mass is 10.0. The van der Waals surface area contributed by atoms with Crippen molar-refractivity contribution in [1.29, 1.82) is 0 Å².